The van der Waals surface area contributed by atoms with Gasteiger partial charge in [-0.25, -0.2) is 0 Å². The van der Waals surface area contributed by atoms with E-state index < -0.39 is 23.4 Å². The summed E-state index contributed by atoms with van der Waals surface area (Å²) in [5.74, 6) is 0.665. The fourth-order valence-corrected chi connectivity index (χ4v) is 9.48. The highest BCUT2D eigenvalue weighted by Gasteiger charge is 2.75. The van der Waals surface area contributed by atoms with Gasteiger partial charge >= 0.3 is 0 Å². The summed E-state index contributed by atoms with van der Waals surface area (Å²) in [5, 5.41) is 20.6. The van der Waals surface area contributed by atoms with Crippen LogP contribution < -0.4 is 0 Å². The molecule has 1 N–H and O–H groups in total. The first-order valence-corrected chi connectivity index (χ1v) is 14.6. The molecule has 0 spiro atoms. The Morgan fingerprint density at radius 1 is 1.35 bits per heavy atom. The highest BCUT2D eigenvalue weighted by Crippen LogP contribution is 2.69. The second-order valence-electron chi connectivity index (χ2n) is 12.1. The fraction of sp³-hybridized carbons (Fsp3) is 0.714. The van der Waals surface area contributed by atoms with Crippen LogP contribution in [0, 0.1) is 28.6 Å². The zero-order chi connectivity index (χ0) is 26.2. The van der Waals surface area contributed by atoms with Gasteiger partial charge in [0.1, 0.15) is 6.33 Å². The zero-order valence-electron chi connectivity index (χ0n) is 22.1. The van der Waals surface area contributed by atoms with Crippen LogP contribution in [-0.4, -0.2) is 61.3 Å². The van der Waals surface area contributed by atoms with Crippen LogP contribution in [0.2, 0.25) is 0 Å². The Balaban J connectivity index is 1.36. The summed E-state index contributed by atoms with van der Waals surface area (Å²) in [6.07, 6.45) is 10.3. The van der Waals surface area contributed by atoms with Crippen LogP contribution in [0.3, 0.4) is 0 Å². The van der Waals surface area contributed by atoms with Crippen LogP contribution in [0.15, 0.2) is 35.3 Å². The maximum atomic E-state index is 14.2. The first-order chi connectivity index (χ1) is 17.6. The van der Waals surface area contributed by atoms with Gasteiger partial charge in [-0.2, -0.15) is 0 Å². The normalized spacial score (nSPS) is 44.1. The summed E-state index contributed by atoms with van der Waals surface area (Å²) in [6, 6.07) is 0. The van der Waals surface area contributed by atoms with Gasteiger partial charge in [-0.05, 0) is 56.1 Å². The molecule has 6 rings (SSSR count). The highest BCUT2D eigenvalue weighted by molar-refractivity contribution is 7.99. The van der Waals surface area contributed by atoms with E-state index >= 15 is 0 Å². The summed E-state index contributed by atoms with van der Waals surface area (Å²) in [4.78, 5) is 26.4. The monoisotopic (exact) mass is 527 g/mol. The molecular formula is C28H37N3O5S. The van der Waals surface area contributed by atoms with Crippen LogP contribution in [-0.2, 0) is 26.1 Å². The summed E-state index contributed by atoms with van der Waals surface area (Å²) >= 11 is 1.38. The number of allylic oxidation sites excluding steroid dienone is 4. The Bertz CT molecular complexity index is 1180. The molecule has 4 aliphatic carbocycles. The lowest BCUT2D eigenvalue weighted by Crippen LogP contribution is -2.63. The number of aliphatic hydroxyl groups excluding tert-OH is 1. The first kappa shape index (κ1) is 25.5. The molecule has 1 aromatic heterocycles. The molecule has 200 valence electrons. The van der Waals surface area contributed by atoms with E-state index in [-0.39, 0.29) is 46.6 Å². The van der Waals surface area contributed by atoms with Gasteiger partial charge in [-0.3, -0.25) is 9.59 Å². The Morgan fingerprint density at radius 3 is 2.89 bits per heavy atom. The van der Waals surface area contributed by atoms with E-state index in [1.54, 1.807) is 18.5 Å². The largest absolute Gasteiger partial charge is 0.393 e. The van der Waals surface area contributed by atoms with E-state index in [0.717, 1.165) is 37.7 Å². The molecular weight excluding hydrogens is 490 g/mol. The average Bonchev–Trinajstić information content (AvgIpc) is 3.49. The summed E-state index contributed by atoms with van der Waals surface area (Å²) < 4.78 is 15.0. The number of hydrogen-bond acceptors (Lipinski definition) is 8. The smallest absolute Gasteiger partial charge is 0.191 e. The minimum atomic E-state index is -1.09. The molecule has 0 bridgehead atoms. The summed E-state index contributed by atoms with van der Waals surface area (Å²) in [6.45, 7) is 6.42. The maximum absolute atomic E-state index is 14.2. The topological polar surface area (TPSA) is 104 Å². The number of hydrogen-bond donors (Lipinski definition) is 1. The molecule has 1 saturated heterocycles. The van der Waals surface area contributed by atoms with E-state index in [4.69, 9.17) is 9.47 Å². The Morgan fingerprint density at radius 2 is 2.16 bits per heavy atom. The number of nitrogens with zero attached hydrogens (tertiary/aromatic N) is 3. The fourth-order valence-electron chi connectivity index (χ4n) is 8.65. The third kappa shape index (κ3) is 3.53. The Kier molecular flexibility index (Phi) is 6.10. The second-order valence-corrected chi connectivity index (χ2v) is 13.0. The van der Waals surface area contributed by atoms with Crippen molar-refractivity contribution in [1.82, 2.24) is 14.8 Å². The van der Waals surface area contributed by atoms with Gasteiger partial charge in [0.25, 0.3) is 0 Å². The number of rotatable bonds is 6. The van der Waals surface area contributed by atoms with Gasteiger partial charge in [0.2, 0.25) is 0 Å². The minimum Gasteiger partial charge on any atom is -0.393 e. The van der Waals surface area contributed by atoms with Crippen LogP contribution >= 0.6 is 11.8 Å². The number of ketones is 2. The lowest BCUT2D eigenvalue weighted by molar-refractivity contribution is -0.197. The minimum absolute atomic E-state index is 0.000333. The molecule has 0 radical (unpaired) electrons. The predicted molar refractivity (Wildman–Crippen MR) is 138 cm³/mol. The van der Waals surface area contributed by atoms with E-state index in [1.165, 1.54) is 11.8 Å². The molecule has 1 aromatic rings. The number of aromatic nitrogens is 3. The number of aliphatic hydroxyl groups is 1. The highest BCUT2D eigenvalue weighted by atomic mass is 32.2. The van der Waals surface area contributed by atoms with Gasteiger partial charge in [0, 0.05) is 23.8 Å². The molecule has 9 heteroatoms. The number of Topliss-reactive ketones (excluding diaryl/α,β-unsaturated/α-hetero) is 1. The molecule has 0 amide bonds. The van der Waals surface area contributed by atoms with Crippen molar-refractivity contribution in [2.75, 3.05) is 5.75 Å². The quantitative estimate of drug-likeness (QED) is 0.560. The van der Waals surface area contributed by atoms with Gasteiger partial charge in [-0.1, -0.05) is 50.6 Å². The van der Waals surface area contributed by atoms with Crippen LogP contribution in [0.4, 0.5) is 0 Å². The van der Waals surface area contributed by atoms with Crippen LogP contribution in [0.5, 0.6) is 0 Å². The average molecular weight is 528 g/mol. The van der Waals surface area contributed by atoms with E-state index in [9.17, 15) is 14.7 Å². The van der Waals surface area contributed by atoms with Gasteiger partial charge in [-0.15, -0.1) is 10.2 Å². The number of aryl methyl sites for hydroxylation is 1. The zero-order valence-corrected chi connectivity index (χ0v) is 22.9. The lowest BCUT2D eigenvalue weighted by atomic mass is 9.46. The van der Waals surface area contributed by atoms with Crippen molar-refractivity contribution >= 4 is 23.3 Å². The molecule has 37 heavy (non-hydrogen) atoms. The van der Waals surface area contributed by atoms with E-state index in [0.29, 0.717) is 11.6 Å². The van der Waals surface area contributed by atoms with Crippen molar-refractivity contribution in [2.45, 2.75) is 88.6 Å². The lowest BCUT2D eigenvalue weighted by Gasteiger charge is -2.59. The van der Waals surface area contributed by atoms with Crippen LogP contribution in [0.1, 0.15) is 59.3 Å². The maximum Gasteiger partial charge on any atom is 0.191 e. The summed E-state index contributed by atoms with van der Waals surface area (Å²) in [5.41, 5.74) is -0.863. The molecule has 5 aliphatic rings. The predicted octanol–water partition coefficient (Wildman–Crippen LogP) is 3.65. The van der Waals surface area contributed by atoms with Crippen molar-refractivity contribution in [3.63, 3.8) is 0 Å². The third-order valence-corrected chi connectivity index (χ3v) is 11.3. The standard InChI is InChI=1S/C28H37N3O5S/c1-5-6-23-35-22-12-19-18-8-7-16-11-17(32)9-10-26(16,2)24(18)20(33)13-27(19,3)28(22,36-23)21(34)14-37-25-30-29-15-31(25)4/h9-11,15,18-20,22-24,33H,5-8,12-14H2,1-4H3/t18?,19?,20-,22+,23+,24?,26?,27?,28+/m0/s1. The van der Waals surface area contributed by atoms with Crippen molar-refractivity contribution < 1.29 is 24.2 Å². The number of fused-ring (bicyclic) bond motifs is 7. The van der Waals surface area contributed by atoms with Gasteiger partial charge in [0.05, 0.1) is 18.0 Å². The van der Waals surface area contributed by atoms with E-state index in [2.05, 4.69) is 31.0 Å². The van der Waals surface area contributed by atoms with Crippen LogP contribution in [0.25, 0.3) is 0 Å². The number of carbonyl (C=O) groups excluding carboxylic acids is 2. The molecule has 1 aliphatic heterocycles. The van der Waals surface area contributed by atoms with Gasteiger partial charge < -0.3 is 19.1 Å². The molecule has 3 saturated carbocycles. The Labute approximate surface area is 222 Å². The number of ether oxygens (including phenoxy) is 2. The van der Waals surface area contributed by atoms with Crippen molar-refractivity contribution in [3.8, 4) is 0 Å². The molecule has 8 nitrogen and oxygen atoms in total. The molecule has 5 unspecified atom stereocenters. The number of carbonyl (C=O) groups is 2. The molecule has 0 aromatic carbocycles. The van der Waals surface area contributed by atoms with Gasteiger partial charge in [0.15, 0.2) is 28.6 Å². The third-order valence-electron chi connectivity index (χ3n) is 10.2. The summed E-state index contributed by atoms with van der Waals surface area (Å²) in [7, 11) is 1.87. The molecule has 4 fully saturated rings. The Hall–Kier alpha value is -1.81. The van der Waals surface area contributed by atoms with Crippen molar-refractivity contribution in [3.05, 3.63) is 30.1 Å². The molecule has 9 atom stereocenters. The second kappa shape index (κ2) is 8.86. The first-order valence-electron chi connectivity index (χ1n) is 13.6. The number of thioether (sulfide) groups is 1. The molecule has 2 heterocycles. The van der Waals surface area contributed by atoms with Crippen molar-refractivity contribution in [1.29, 1.82) is 0 Å². The SMILES string of the molecule is CCC[C@@H]1O[C@@H]2CC3C4CCC5=CC(=O)C=CC5(C)C4[C@@H](O)CC3(C)[C@]2(C(=O)CSc2nncn2C)O1. The van der Waals surface area contributed by atoms with Crippen molar-refractivity contribution in [2.24, 2.45) is 35.6 Å². The van der Waals surface area contributed by atoms with E-state index in [1.807, 2.05) is 17.7 Å².